The van der Waals surface area contributed by atoms with Crippen LogP contribution in [-0.4, -0.2) is 43.8 Å². The van der Waals surface area contributed by atoms with E-state index in [1.165, 1.54) is 6.07 Å². The third kappa shape index (κ3) is 6.47. The van der Waals surface area contributed by atoms with E-state index in [-0.39, 0.29) is 12.6 Å². The number of urea groups is 1. The maximum absolute atomic E-state index is 12.8. The summed E-state index contributed by atoms with van der Waals surface area (Å²) in [7, 11) is 0. The number of alkyl halides is 3. The second kappa shape index (κ2) is 9.76. The van der Waals surface area contributed by atoms with Crippen LogP contribution in [0.15, 0.2) is 54.6 Å². The maximum Gasteiger partial charge on any atom is 0.416 e. The summed E-state index contributed by atoms with van der Waals surface area (Å²) in [6.07, 6.45) is -4.41. The first-order valence-corrected chi connectivity index (χ1v) is 9.47. The molecule has 1 fully saturated rings. The Kier molecular flexibility index (Phi) is 7.11. The smallest absolute Gasteiger partial charge is 0.379 e. The molecule has 1 atom stereocenters. The lowest BCUT2D eigenvalue weighted by Crippen LogP contribution is -2.45. The second-order valence-electron chi connectivity index (χ2n) is 6.90. The van der Waals surface area contributed by atoms with Crippen LogP contribution in [0.3, 0.4) is 0 Å². The van der Waals surface area contributed by atoms with Gasteiger partial charge in [0.05, 0.1) is 24.8 Å². The highest BCUT2D eigenvalue weighted by Crippen LogP contribution is 2.29. The number of rotatable bonds is 6. The van der Waals surface area contributed by atoms with Gasteiger partial charge in [-0.3, -0.25) is 4.90 Å². The predicted molar refractivity (Wildman–Crippen MR) is 103 cm³/mol. The summed E-state index contributed by atoms with van der Waals surface area (Å²) >= 11 is 0. The van der Waals surface area contributed by atoms with Gasteiger partial charge in [0.25, 0.3) is 0 Å². The van der Waals surface area contributed by atoms with E-state index in [1.54, 1.807) is 6.07 Å². The van der Waals surface area contributed by atoms with Crippen molar-refractivity contribution in [1.29, 1.82) is 0 Å². The van der Waals surface area contributed by atoms with E-state index in [1.807, 2.05) is 30.3 Å². The molecule has 3 rings (SSSR count). The molecule has 2 aromatic rings. The Morgan fingerprint density at radius 3 is 2.48 bits per heavy atom. The van der Waals surface area contributed by atoms with Gasteiger partial charge in [-0.2, -0.15) is 13.2 Å². The fourth-order valence-electron chi connectivity index (χ4n) is 3.21. The van der Waals surface area contributed by atoms with Crippen molar-refractivity contribution in [3.63, 3.8) is 0 Å². The van der Waals surface area contributed by atoms with E-state index in [4.69, 9.17) is 4.74 Å². The number of carbonyl (C=O) groups is 1. The van der Waals surface area contributed by atoms with E-state index in [2.05, 4.69) is 15.5 Å². The first-order chi connectivity index (χ1) is 13.9. The first kappa shape index (κ1) is 21.1. The molecule has 2 amide bonds. The average Bonchev–Trinajstić information content (AvgIpc) is 2.73. The molecule has 0 spiro atoms. The number of nitrogens with one attached hydrogen (secondary N) is 2. The molecule has 0 aromatic heterocycles. The monoisotopic (exact) mass is 407 g/mol. The number of amides is 2. The predicted octanol–water partition coefficient (Wildman–Crippen LogP) is 3.58. The molecule has 2 aromatic carbocycles. The summed E-state index contributed by atoms with van der Waals surface area (Å²) < 4.78 is 43.9. The minimum absolute atomic E-state index is 0.00875. The SMILES string of the molecule is O=C(NCc1cccc(C(F)(F)F)c1)N[C@@H](CN1CCOCC1)c1ccccc1. The molecule has 0 aliphatic carbocycles. The fraction of sp³-hybridized carbons (Fsp3) is 0.381. The van der Waals surface area contributed by atoms with Crippen LogP contribution in [0.25, 0.3) is 0 Å². The molecular formula is C21H24F3N3O2. The molecule has 0 unspecified atom stereocenters. The van der Waals surface area contributed by atoms with Crippen molar-refractivity contribution >= 4 is 6.03 Å². The Morgan fingerprint density at radius 2 is 1.79 bits per heavy atom. The molecule has 1 aliphatic rings. The van der Waals surface area contributed by atoms with Gasteiger partial charge in [-0.15, -0.1) is 0 Å². The van der Waals surface area contributed by atoms with Gasteiger partial charge in [0.1, 0.15) is 0 Å². The summed E-state index contributed by atoms with van der Waals surface area (Å²) in [5, 5.41) is 5.60. The van der Waals surface area contributed by atoms with Crippen molar-refractivity contribution in [3.05, 3.63) is 71.3 Å². The van der Waals surface area contributed by atoms with E-state index in [0.29, 0.717) is 25.3 Å². The Labute approximate surface area is 167 Å². The highest BCUT2D eigenvalue weighted by Gasteiger charge is 2.30. The topological polar surface area (TPSA) is 53.6 Å². The van der Waals surface area contributed by atoms with E-state index in [0.717, 1.165) is 30.8 Å². The van der Waals surface area contributed by atoms with Crippen molar-refractivity contribution < 1.29 is 22.7 Å². The molecule has 1 heterocycles. The Balaban J connectivity index is 1.61. The molecule has 8 heteroatoms. The van der Waals surface area contributed by atoms with Crippen LogP contribution < -0.4 is 10.6 Å². The van der Waals surface area contributed by atoms with E-state index >= 15 is 0 Å². The zero-order chi connectivity index (χ0) is 20.7. The molecule has 2 N–H and O–H groups in total. The van der Waals surface area contributed by atoms with Crippen molar-refractivity contribution in [3.8, 4) is 0 Å². The standard InChI is InChI=1S/C21H24F3N3O2/c22-21(23,24)18-8-4-5-16(13-18)14-25-20(28)26-19(17-6-2-1-3-7-17)15-27-9-11-29-12-10-27/h1-8,13,19H,9-12,14-15H2,(H2,25,26,28)/t19-/m0/s1. The summed E-state index contributed by atoms with van der Waals surface area (Å²) in [6.45, 7) is 3.53. The van der Waals surface area contributed by atoms with Crippen LogP contribution in [0, 0.1) is 0 Å². The third-order valence-corrected chi connectivity index (χ3v) is 4.76. The summed E-state index contributed by atoms with van der Waals surface area (Å²) in [4.78, 5) is 14.7. The van der Waals surface area contributed by atoms with Gasteiger partial charge in [-0.1, -0.05) is 42.5 Å². The third-order valence-electron chi connectivity index (χ3n) is 4.76. The highest BCUT2D eigenvalue weighted by atomic mass is 19.4. The van der Waals surface area contributed by atoms with Crippen molar-refractivity contribution in [2.24, 2.45) is 0 Å². The number of hydrogen-bond donors (Lipinski definition) is 2. The lowest BCUT2D eigenvalue weighted by Gasteiger charge is -2.31. The Bertz CT molecular complexity index is 793. The van der Waals surface area contributed by atoms with Gasteiger partial charge in [0.2, 0.25) is 0 Å². The molecule has 1 saturated heterocycles. The van der Waals surface area contributed by atoms with Crippen LogP contribution in [-0.2, 0) is 17.5 Å². The summed E-state index contributed by atoms with van der Waals surface area (Å²) in [5.41, 5.74) is 0.624. The van der Waals surface area contributed by atoms with Gasteiger partial charge in [-0.25, -0.2) is 4.79 Å². The molecule has 1 aliphatic heterocycles. The van der Waals surface area contributed by atoms with Gasteiger partial charge < -0.3 is 15.4 Å². The first-order valence-electron chi connectivity index (χ1n) is 9.47. The second-order valence-corrected chi connectivity index (χ2v) is 6.90. The average molecular weight is 407 g/mol. The number of hydrogen-bond acceptors (Lipinski definition) is 3. The molecule has 0 saturated carbocycles. The molecule has 29 heavy (non-hydrogen) atoms. The Morgan fingerprint density at radius 1 is 1.07 bits per heavy atom. The van der Waals surface area contributed by atoms with Crippen molar-refractivity contribution in [2.45, 2.75) is 18.8 Å². The molecular weight excluding hydrogens is 383 g/mol. The van der Waals surface area contributed by atoms with Gasteiger partial charge >= 0.3 is 12.2 Å². The summed E-state index contributed by atoms with van der Waals surface area (Å²) in [5.74, 6) is 0. The number of benzene rings is 2. The number of carbonyl (C=O) groups excluding carboxylic acids is 1. The molecule has 0 radical (unpaired) electrons. The zero-order valence-corrected chi connectivity index (χ0v) is 15.9. The number of halogens is 3. The number of morpholine rings is 1. The largest absolute Gasteiger partial charge is 0.416 e. The summed E-state index contributed by atoms with van der Waals surface area (Å²) in [6, 6.07) is 13.9. The molecule has 5 nitrogen and oxygen atoms in total. The van der Waals surface area contributed by atoms with Crippen molar-refractivity contribution in [2.75, 3.05) is 32.8 Å². The van der Waals surface area contributed by atoms with Gasteiger partial charge in [0, 0.05) is 26.2 Å². The number of ether oxygens (including phenoxy) is 1. The minimum atomic E-state index is -4.41. The van der Waals surface area contributed by atoms with Crippen LogP contribution in [0.1, 0.15) is 22.7 Å². The normalized spacial score (nSPS) is 16.2. The van der Waals surface area contributed by atoms with Crippen LogP contribution in [0.4, 0.5) is 18.0 Å². The lowest BCUT2D eigenvalue weighted by molar-refractivity contribution is -0.137. The molecule has 0 bridgehead atoms. The molecule has 156 valence electrons. The van der Waals surface area contributed by atoms with Gasteiger partial charge in [-0.05, 0) is 23.3 Å². The van der Waals surface area contributed by atoms with E-state index in [9.17, 15) is 18.0 Å². The van der Waals surface area contributed by atoms with E-state index < -0.39 is 17.8 Å². The van der Waals surface area contributed by atoms with Crippen LogP contribution >= 0.6 is 0 Å². The lowest BCUT2D eigenvalue weighted by atomic mass is 10.1. The van der Waals surface area contributed by atoms with Crippen molar-refractivity contribution in [1.82, 2.24) is 15.5 Å². The van der Waals surface area contributed by atoms with Crippen LogP contribution in [0.5, 0.6) is 0 Å². The maximum atomic E-state index is 12.8. The number of nitrogens with zero attached hydrogens (tertiary/aromatic N) is 1. The zero-order valence-electron chi connectivity index (χ0n) is 15.9. The highest BCUT2D eigenvalue weighted by molar-refractivity contribution is 5.74. The van der Waals surface area contributed by atoms with Gasteiger partial charge in [0.15, 0.2) is 0 Å². The Hall–Kier alpha value is -2.58. The van der Waals surface area contributed by atoms with Crippen LogP contribution in [0.2, 0.25) is 0 Å². The minimum Gasteiger partial charge on any atom is -0.379 e. The quantitative estimate of drug-likeness (QED) is 0.770. The fourth-order valence-corrected chi connectivity index (χ4v) is 3.21.